The Bertz CT molecular complexity index is 766. The van der Waals surface area contributed by atoms with Gasteiger partial charge in [-0.25, -0.2) is 0 Å². The summed E-state index contributed by atoms with van der Waals surface area (Å²) in [6, 6.07) is 5.72. The number of rotatable bonds is 5. The van der Waals surface area contributed by atoms with Crippen LogP contribution in [0.1, 0.15) is 5.82 Å². The number of hydrogen-bond acceptors (Lipinski definition) is 6. The minimum absolute atomic E-state index is 0.533. The van der Waals surface area contributed by atoms with Crippen LogP contribution in [0.3, 0.4) is 0 Å². The summed E-state index contributed by atoms with van der Waals surface area (Å²) >= 11 is 1.54. The average Bonchev–Trinajstić information content (AvgIpc) is 3.10. The van der Waals surface area contributed by atoms with Gasteiger partial charge >= 0.3 is 0 Å². The molecule has 0 unspecified atom stereocenters. The van der Waals surface area contributed by atoms with Gasteiger partial charge in [0.15, 0.2) is 0 Å². The van der Waals surface area contributed by atoms with Gasteiger partial charge in [-0.2, -0.15) is 0 Å². The molecule has 0 saturated carbocycles. The predicted molar refractivity (Wildman–Crippen MR) is 82.2 cm³/mol. The van der Waals surface area contributed by atoms with E-state index in [4.69, 9.17) is 15.2 Å². The van der Waals surface area contributed by atoms with Gasteiger partial charge in [0.05, 0.1) is 19.9 Å². The number of nitrogens with two attached hydrogens (primary N) is 1. The Kier molecular flexibility index (Phi) is 3.76. The van der Waals surface area contributed by atoms with E-state index in [-0.39, 0.29) is 0 Å². The number of fused-ring (bicyclic) bond motifs is 1. The van der Waals surface area contributed by atoms with E-state index in [1.807, 2.05) is 28.0 Å². The minimum Gasteiger partial charge on any atom is -0.497 e. The molecule has 0 bridgehead atoms. The van der Waals surface area contributed by atoms with Crippen LogP contribution in [0.5, 0.6) is 11.5 Å². The Hall–Kier alpha value is -2.12. The molecule has 0 aliphatic carbocycles. The van der Waals surface area contributed by atoms with Crippen molar-refractivity contribution >= 4 is 16.3 Å². The third kappa shape index (κ3) is 2.34. The van der Waals surface area contributed by atoms with Crippen molar-refractivity contribution in [2.45, 2.75) is 6.42 Å². The first-order valence-electron chi connectivity index (χ1n) is 6.52. The smallest absolute Gasteiger partial charge is 0.216 e. The lowest BCUT2D eigenvalue weighted by atomic mass is 10.1. The minimum atomic E-state index is 0.533. The first kappa shape index (κ1) is 13.8. The molecule has 0 spiro atoms. The topological polar surface area (TPSA) is 74.7 Å². The van der Waals surface area contributed by atoms with Crippen molar-refractivity contribution in [3.05, 3.63) is 29.4 Å². The molecule has 2 heterocycles. The van der Waals surface area contributed by atoms with Gasteiger partial charge in [0.25, 0.3) is 0 Å². The second-order valence-corrected chi connectivity index (χ2v) is 5.30. The molecule has 0 aliphatic rings. The Morgan fingerprint density at radius 3 is 2.81 bits per heavy atom. The van der Waals surface area contributed by atoms with Crippen LogP contribution in [-0.4, -0.2) is 35.4 Å². The van der Waals surface area contributed by atoms with Gasteiger partial charge in [-0.05, 0) is 24.7 Å². The zero-order valence-electron chi connectivity index (χ0n) is 11.9. The molecule has 0 fully saturated rings. The summed E-state index contributed by atoms with van der Waals surface area (Å²) in [5.41, 5.74) is 7.58. The van der Waals surface area contributed by atoms with Crippen LogP contribution >= 0.6 is 11.3 Å². The van der Waals surface area contributed by atoms with Crippen molar-refractivity contribution < 1.29 is 9.47 Å². The lowest BCUT2D eigenvalue weighted by Crippen LogP contribution is -2.06. The van der Waals surface area contributed by atoms with Gasteiger partial charge in [-0.15, -0.1) is 21.5 Å². The molecule has 110 valence electrons. The van der Waals surface area contributed by atoms with Gasteiger partial charge in [0.2, 0.25) is 4.96 Å². The molecule has 0 saturated heterocycles. The number of methoxy groups -OCH3 is 2. The van der Waals surface area contributed by atoms with Gasteiger partial charge in [0, 0.05) is 17.4 Å². The first-order chi connectivity index (χ1) is 10.3. The van der Waals surface area contributed by atoms with Crippen LogP contribution < -0.4 is 15.2 Å². The summed E-state index contributed by atoms with van der Waals surface area (Å²) in [7, 11) is 3.30. The summed E-state index contributed by atoms with van der Waals surface area (Å²) in [4.78, 5) is 0.846. The van der Waals surface area contributed by atoms with E-state index in [1.54, 1.807) is 25.6 Å². The van der Waals surface area contributed by atoms with Gasteiger partial charge < -0.3 is 15.2 Å². The Morgan fingerprint density at radius 2 is 2.10 bits per heavy atom. The molecular weight excluding hydrogens is 288 g/mol. The molecule has 2 N–H and O–H groups in total. The zero-order valence-corrected chi connectivity index (χ0v) is 12.7. The van der Waals surface area contributed by atoms with Gasteiger partial charge in [-0.3, -0.25) is 4.40 Å². The number of aromatic nitrogens is 3. The molecular formula is C14H16N4O2S. The molecule has 3 aromatic rings. The van der Waals surface area contributed by atoms with Crippen LogP contribution in [0.4, 0.5) is 0 Å². The monoisotopic (exact) mass is 304 g/mol. The van der Waals surface area contributed by atoms with Crippen LogP contribution in [0.15, 0.2) is 23.6 Å². The van der Waals surface area contributed by atoms with Crippen LogP contribution in [0, 0.1) is 0 Å². The zero-order chi connectivity index (χ0) is 14.8. The third-order valence-electron chi connectivity index (χ3n) is 3.27. The maximum absolute atomic E-state index is 5.65. The molecule has 2 aromatic heterocycles. The van der Waals surface area contributed by atoms with E-state index >= 15 is 0 Å². The van der Waals surface area contributed by atoms with Crippen LogP contribution in [0.2, 0.25) is 0 Å². The van der Waals surface area contributed by atoms with Crippen molar-refractivity contribution in [2.75, 3.05) is 20.8 Å². The summed E-state index contributed by atoms with van der Waals surface area (Å²) in [6.07, 6.45) is 0.678. The van der Waals surface area contributed by atoms with E-state index in [0.717, 1.165) is 33.5 Å². The summed E-state index contributed by atoms with van der Waals surface area (Å²) in [5, 5.41) is 10.4. The summed E-state index contributed by atoms with van der Waals surface area (Å²) < 4.78 is 12.8. The Morgan fingerprint density at radius 1 is 1.24 bits per heavy atom. The van der Waals surface area contributed by atoms with E-state index in [1.165, 1.54) is 0 Å². The largest absolute Gasteiger partial charge is 0.497 e. The van der Waals surface area contributed by atoms with E-state index in [9.17, 15) is 0 Å². The number of benzene rings is 1. The van der Waals surface area contributed by atoms with E-state index in [0.29, 0.717) is 13.0 Å². The fraction of sp³-hybridized carbons (Fsp3) is 0.286. The Balaban J connectivity index is 2.22. The first-order valence-corrected chi connectivity index (χ1v) is 7.40. The van der Waals surface area contributed by atoms with Crippen molar-refractivity contribution in [3.63, 3.8) is 0 Å². The number of ether oxygens (including phenoxy) is 2. The molecule has 1 aromatic carbocycles. The summed E-state index contributed by atoms with van der Waals surface area (Å²) in [6.45, 7) is 0.533. The van der Waals surface area contributed by atoms with Crippen molar-refractivity contribution in [1.29, 1.82) is 0 Å². The van der Waals surface area contributed by atoms with Crippen molar-refractivity contribution in [1.82, 2.24) is 14.6 Å². The molecule has 7 heteroatoms. The highest BCUT2D eigenvalue weighted by molar-refractivity contribution is 7.15. The standard InChI is InChI=1S/C14H16N4O2S/c1-19-9-3-4-12(20-2)10(7-9)11-8-21-14-17-16-13(5-6-15)18(11)14/h3-4,7-8H,5-6,15H2,1-2H3. The normalized spacial score (nSPS) is 11.0. The van der Waals surface area contributed by atoms with Crippen LogP contribution in [0.25, 0.3) is 16.2 Å². The SMILES string of the molecule is COc1ccc(OC)c(-c2csc3nnc(CCN)n23)c1. The van der Waals surface area contributed by atoms with E-state index in [2.05, 4.69) is 10.2 Å². The highest BCUT2D eigenvalue weighted by Gasteiger charge is 2.16. The predicted octanol–water partition coefficient (Wildman–Crippen LogP) is 1.98. The Labute approximate surface area is 126 Å². The second kappa shape index (κ2) is 5.71. The fourth-order valence-electron chi connectivity index (χ4n) is 2.27. The molecule has 0 aliphatic heterocycles. The molecule has 0 radical (unpaired) electrons. The number of nitrogens with zero attached hydrogens (tertiary/aromatic N) is 3. The molecule has 0 amide bonds. The lowest BCUT2D eigenvalue weighted by Gasteiger charge is -2.10. The van der Waals surface area contributed by atoms with E-state index < -0.39 is 0 Å². The molecule has 21 heavy (non-hydrogen) atoms. The molecule has 3 rings (SSSR count). The average molecular weight is 304 g/mol. The van der Waals surface area contributed by atoms with Gasteiger partial charge in [-0.1, -0.05) is 0 Å². The lowest BCUT2D eigenvalue weighted by molar-refractivity contribution is 0.404. The fourth-order valence-corrected chi connectivity index (χ4v) is 3.12. The highest BCUT2D eigenvalue weighted by Crippen LogP contribution is 2.36. The maximum Gasteiger partial charge on any atom is 0.216 e. The highest BCUT2D eigenvalue weighted by atomic mass is 32.1. The summed E-state index contributed by atoms with van der Waals surface area (Å²) in [5.74, 6) is 2.41. The van der Waals surface area contributed by atoms with Gasteiger partial charge in [0.1, 0.15) is 17.3 Å². The molecule has 6 nitrogen and oxygen atoms in total. The quantitative estimate of drug-likeness (QED) is 0.780. The maximum atomic E-state index is 5.65. The number of hydrogen-bond donors (Lipinski definition) is 1. The van der Waals surface area contributed by atoms with Crippen molar-refractivity contribution in [3.8, 4) is 22.8 Å². The van der Waals surface area contributed by atoms with Crippen LogP contribution in [-0.2, 0) is 6.42 Å². The third-order valence-corrected chi connectivity index (χ3v) is 4.08. The van der Waals surface area contributed by atoms with Crippen molar-refractivity contribution in [2.24, 2.45) is 5.73 Å². The number of thiazole rings is 1. The molecule has 0 atom stereocenters. The second-order valence-electron chi connectivity index (χ2n) is 4.46.